The standard InChI is InChI=1S/C10H14N2/c1-5-9-10(6-7(2)3)12-8(4)11-9/h5-6,11-12H,1,4H2,2-3H3. The molecule has 0 amide bonds. The Hall–Kier alpha value is -1.44. The Labute approximate surface area is 73.4 Å². The quantitative estimate of drug-likeness (QED) is 0.649. The number of nitrogens with one attached hydrogen (secondary N) is 2. The summed E-state index contributed by atoms with van der Waals surface area (Å²) in [6, 6.07) is 0. The third-order valence-electron chi connectivity index (χ3n) is 1.50. The van der Waals surface area contributed by atoms with Crippen LogP contribution in [0.4, 0.5) is 0 Å². The molecule has 0 bridgehead atoms. The maximum Gasteiger partial charge on any atom is 0.100 e. The lowest BCUT2D eigenvalue weighted by molar-refractivity contribution is 0.967. The van der Waals surface area contributed by atoms with Gasteiger partial charge in [0.2, 0.25) is 0 Å². The Kier molecular flexibility index (Phi) is 2.38. The first-order valence-electron chi connectivity index (χ1n) is 3.88. The van der Waals surface area contributed by atoms with E-state index in [2.05, 4.69) is 43.7 Å². The van der Waals surface area contributed by atoms with Crippen LogP contribution in [0.1, 0.15) is 13.8 Å². The SMILES string of the molecule is C=CC1=C(C=C(C)C)NC(=C)N1. The summed E-state index contributed by atoms with van der Waals surface area (Å²) < 4.78 is 0. The number of rotatable bonds is 2. The maximum absolute atomic E-state index is 3.77. The molecule has 2 heteroatoms. The van der Waals surface area contributed by atoms with E-state index in [-0.39, 0.29) is 0 Å². The summed E-state index contributed by atoms with van der Waals surface area (Å²) in [7, 11) is 0. The van der Waals surface area contributed by atoms with Gasteiger partial charge in [-0.3, -0.25) is 0 Å². The average Bonchev–Trinajstić information content (AvgIpc) is 2.29. The lowest BCUT2D eigenvalue weighted by atomic mass is 10.2. The van der Waals surface area contributed by atoms with Crippen LogP contribution in [0.2, 0.25) is 0 Å². The molecule has 0 aromatic carbocycles. The van der Waals surface area contributed by atoms with Crippen LogP contribution < -0.4 is 10.6 Å². The molecule has 0 atom stereocenters. The Balaban J connectivity index is 2.92. The van der Waals surface area contributed by atoms with E-state index in [4.69, 9.17) is 0 Å². The fraction of sp³-hybridized carbons (Fsp3) is 0.200. The highest BCUT2D eigenvalue weighted by molar-refractivity contribution is 5.39. The lowest BCUT2D eigenvalue weighted by Gasteiger charge is -1.97. The zero-order valence-electron chi connectivity index (χ0n) is 7.57. The van der Waals surface area contributed by atoms with E-state index in [0.717, 1.165) is 17.2 Å². The first-order chi connectivity index (χ1) is 5.63. The molecule has 0 fully saturated rings. The fourth-order valence-electron chi connectivity index (χ4n) is 1.05. The van der Waals surface area contributed by atoms with Gasteiger partial charge in [0.15, 0.2) is 0 Å². The monoisotopic (exact) mass is 162 g/mol. The summed E-state index contributed by atoms with van der Waals surface area (Å²) in [6.45, 7) is 11.6. The molecule has 2 N–H and O–H groups in total. The van der Waals surface area contributed by atoms with Gasteiger partial charge in [0, 0.05) is 0 Å². The predicted molar refractivity (Wildman–Crippen MR) is 52.1 cm³/mol. The van der Waals surface area contributed by atoms with Gasteiger partial charge in [0.05, 0.1) is 11.4 Å². The van der Waals surface area contributed by atoms with Crippen molar-refractivity contribution >= 4 is 0 Å². The molecule has 0 radical (unpaired) electrons. The lowest BCUT2D eigenvalue weighted by Crippen LogP contribution is -2.10. The van der Waals surface area contributed by atoms with E-state index >= 15 is 0 Å². The van der Waals surface area contributed by atoms with E-state index in [1.165, 1.54) is 5.57 Å². The van der Waals surface area contributed by atoms with Crippen molar-refractivity contribution in [2.45, 2.75) is 13.8 Å². The van der Waals surface area contributed by atoms with Crippen molar-refractivity contribution < 1.29 is 0 Å². The van der Waals surface area contributed by atoms with Gasteiger partial charge in [-0.15, -0.1) is 0 Å². The zero-order chi connectivity index (χ0) is 9.14. The molecule has 0 saturated heterocycles. The average molecular weight is 162 g/mol. The number of allylic oxidation sites excluding steroid dienone is 3. The minimum atomic E-state index is 0.803. The van der Waals surface area contributed by atoms with Gasteiger partial charge < -0.3 is 10.6 Å². The molecule has 12 heavy (non-hydrogen) atoms. The molecule has 0 aromatic rings. The van der Waals surface area contributed by atoms with Gasteiger partial charge in [-0.2, -0.15) is 0 Å². The minimum Gasteiger partial charge on any atom is -0.341 e. The Morgan fingerprint density at radius 2 is 1.83 bits per heavy atom. The van der Waals surface area contributed by atoms with E-state index in [0.29, 0.717) is 0 Å². The maximum atomic E-state index is 3.77. The van der Waals surface area contributed by atoms with Crippen LogP contribution in [0, 0.1) is 0 Å². The van der Waals surface area contributed by atoms with E-state index in [1.54, 1.807) is 6.08 Å². The van der Waals surface area contributed by atoms with E-state index in [9.17, 15) is 0 Å². The topological polar surface area (TPSA) is 24.1 Å². The normalized spacial score (nSPS) is 15.3. The second kappa shape index (κ2) is 3.30. The summed E-state index contributed by atoms with van der Waals surface area (Å²) in [5, 5.41) is 6.18. The van der Waals surface area contributed by atoms with Crippen molar-refractivity contribution in [1.82, 2.24) is 10.6 Å². The van der Waals surface area contributed by atoms with Crippen molar-refractivity contribution in [3.05, 3.63) is 48.1 Å². The minimum absolute atomic E-state index is 0.803. The van der Waals surface area contributed by atoms with Gasteiger partial charge >= 0.3 is 0 Å². The Morgan fingerprint density at radius 1 is 1.25 bits per heavy atom. The van der Waals surface area contributed by atoms with Crippen LogP contribution in [-0.4, -0.2) is 0 Å². The highest BCUT2D eigenvalue weighted by atomic mass is 15.2. The summed E-state index contributed by atoms with van der Waals surface area (Å²) in [4.78, 5) is 0. The van der Waals surface area contributed by atoms with Gasteiger partial charge in [-0.25, -0.2) is 0 Å². The molecule has 0 aromatic heterocycles. The number of hydrogen-bond acceptors (Lipinski definition) is 2. The smallest absolute Gasteiger partial charge is 0.100 e. The molecular formula is C10H14N2. The third-order valence-corrected chi connectivity index (χ3v) is 1.50. The fourth-order valence-corrected chi connectivity index (χ4v) is 1.05. The number of hydrogen-bond donors (Lipinski definition) is 2. The molecule has 0 unspecified atom stereocenters. The molecule has 0 aliphatic carbocycles. The van der Waals surface area contributed by atoms with E-state index < -0.39 is 0 Å². The summed E-state index contributed by atoms with van der Waals surface area (Å²) in [5.74, 6) is 0.803. The second-order valence-electron chi connectivity index (χ2n) is 2.98. The van der Waals surface area contributed by atoms with Crippen molar-refractivity contribution in [3.63, 3.8) is 0 Å². The highest BCUT2D eigenvalue weighted by Gasteiger charge is 2.10. The summed E-state index contributed by atoms with van der Waals surface area (Å²) in [6.07, 6.45) is 3.84. The van der Waals surface area contributed by atoms with Gasteiger partial charge in [-0.1, -0.05) is 18.7 Å². The first kappa shape index (κ1) is 8.65. The molecule has 0 spiro atoms. The van der Waals surface area contributed by atoms with Crippen LogP contribution in [0.3, 0.4) is 0 Å². The van der Waals surface area contributed by atoms with Crippen LogP contribution >= 0.6 is 0 Å². The third kappa shape index (κ3) is 1.78. The largest absolute Gasteiger partial charge is 0.341 e. The second-order valence-corrected chi connectivity index (χ2v) is 2.98. The van der Waals surface area contributed by atoms with Crippen LogP contribution in [-0.2, 0) is 0 Å². The van der Waals surface area contributed by atoms with Crippen LogP contribution in [0.5, 0.6) is 0 Å². The van der Waals surface area contributed by atoms with Gasteiger partial charge in [0.25, 0.3) is 0 Å². The highest BCUT2D eigenvalue weighted by Crippen LogP contribution is 2.12. The van der Waals surface area contributed by atoms with Crippen molar-refractivity contribution in [3.8, 4) is 0 Å². The Morgan fingerprint density at radius 3 is 2.33 bits per heavy atom. The summed E-state index contributed by atoms with van der Waals surface area (Å²) >= 11 is 0. The zero-order valence-corrected chi connectivity index (χ0v) is 7.57. The molecule has 1 heterocycles. The predicted octanol–water partition coefficient (Wildman–Crippen LogP) is 2.01. The molecular weight excluding hydrogens is 148 g/mol. The van der Waals surface area contributed by atoms with Crippen LogP contribution in [0.15, 0.2) is 48.1 Å². The molecule has 1 rings (SSSR count). The molecule has 0 saturated carbocycles. The van der Waals surface area contributed by atoms with Crippen LogP contribution in [0.25, 0.3) is 0 Å². The first-order valence-corrected chi connectivity index (χ1v) is 3.88. The van der Waals surface area contributed by atoms with Crippen molar-refractivity contribution in [2.24, 2.45) is 0 Å². The summed E-state index contributed by atoms with van der Waals surface area (Å²) in [5.41, 5.74) is 3.27. The van der Waals surface area contributed by atoms with Crippen molar-refractivity contribution in [2.75, 3.05) is 0 Å². The molecule has 1 aliphatic rings. The molecule has 1 aliphatic heterocycles. The van der Waals surface area contributed by atoms with Gasteiger partial charge in [-0.05, 0) is 26.0 Å². The Bertz CT molecular complexity index is 278. The van der Waals surface area contributed by atoms with Gasteiger partial charge in [0.1, 0.15) is 5.82 Å². The molecule has 64 valence electrons. The van der Waals surface area contributed by atoms with E-state index in [1.807, 2.05) is 0 Å². The molecule has 2 nitrogen and oxygen atoms in total. The van der Waals surface area contributed by atoms with Crippen molar-refractivity contribution in [1.29, 1.82) is 0 Å².